The molecule has 1 aliphatic carbocycles. The molecule has 1 N–H and O–H groups in total. The SMILES string of the molecule is CCNCc1nc(C(C)C)ncc1OC1CCC1. The second kappa shape index (κ2) is 6.14. The first-order valence-electron chi connectivity index (χ1n) is 6.94. The second-order valence-corrected chi connectivity index (χ2v) is 5.14. The highest BCUT2D eigenvalue weighted by Crippen LogP contribution is 2.27. The summed E-state index contributed by atoms with van der Waals surface area (Å²) in [6.45, 7) is 8.00. The van der Waals surface area contributed by atoms with Crippen LogP contribution in [0.15, 0.2) is 6.20 Å². The predicted octanol–water partition coefficient (Wildman–Crippen LogP) is 2.64. The first-order valence-corrected chi connectivity index (χ1v) is 6.94. The minimum Gasteiger partial charge on any atom is -0.487 e. The van der Waals surface area contributed by atoms with Crippen LogP contribution in [0.25, 0.3) is 0 Å². The summed E-state index contributed by atoms with van der Waals surface area (Å²) in [5, 5.41) is 3.31. The molecule has 0 saturated heterocycles. The molecule has 0 amide bonds. The van der Waals surface area contributed by atoms with Crippen LogP contribution in [0.1, 0.15) is 57.5 Å². The molecule has 0 aliphatic heterocycles. The van der Waals surface area contributed by atoms with Gasteiger partial charge in [0.15, 0.2) is 5.75 Å². The first kappa shape index (κ1) is 13.3. The van der Waals surface area contributed by atoms with Crippen molar-refractivity contribution in [1.29, 1.82) is 0 Å². The molecule has 2 rings (SSSR count). The van der Waals surface area contributed by atoms with E-state index < -0.39 is 0 Å². The van der Waals surface area contributed by atoms with Crippen LogP contribution in [0.2, 0.25) is 0 Å². The number of nitrogens with zero attached hydrogens (tertiary/aromatic N) is 2. The van der Waals surface area contributed by atoms with Gasteiger partial charge in [-0.2, -0.15) is 0 Å². The fourth-order valence-corrected chi connectivity index (χ4v) is 1.84. The van der Waals surface area contributed by atoms with Gasteiger partial charge in [0.25, 0.3) is 0 Å². The number of aromatic nitrogens is 2. The Kier molecular flexibility index (Phi) is 4.53. The van der Waals surface area contributed by atoms with Crippen molar-refractivity contribution in [1.82, 2.24) is 15.3 Å². The van der Waals surface area contributed by atoms with E-state index in [4.69, 9.17) is 4.74 Å². The third-order valence-corrected chi connectivity index (χ3v) is 3.25. The van der Waals surface area contributed by atoms with E-state index in [1.54, 1.807) is 0 Å². The smallest absolute Gasteiger partial charge is 0.160 e. The molecular weight excluding hydrogens is 226 g/mol. The van der Waals surface area contributed by atoms with Crippen molar-refractivity contribution in [2.75, 3.05) is 6.54 Å². The number of rotatable bonds is 6. The van der Waals surface area contributed by atoms with Crippen molar-refractivity contribution in [3.63, 3.8) is 0 Å². The molecule has 4 nitrogen and oxygen atoms in total. The minimum atomic E-state index is 0.350. The van der Waals surface area contributed by atoms with Crippen molar-refractivity contribution >= 4 is 0 Å². The third-order valence-electron chi connectivity index (χ3n) is 3.25. The Hall–Kier alpha value is -1.16. The lowest BCUT2D eigenvalue weighted by molar-refractivity contribution is 0.117. The van der Waals surface area contributed by atoms with E-state index in [-0.39, 0.29) is 0 Å². The zero-order valence-electron chi connectivity index (χ0n) is 11.6. The number of nitrogens with one attached hydrogen (secondary N) is 1. The number of ether oxygens (including phenoxy) is 1. The summed E-state index contributed by atoms with van der Waals surface area (Å²) in [6.07, 6.45) is 5.81. The number of hydrogen-bond donors (Lipinski definition) is 1. The maximum absolute atomic E-state index is 5.95. The van der Waals surface area contributed by atoms with E-state index >= 15 is 0 Å². The minimum absolute atomic E-state index is 0.350. The summed E-state index contributed by atoms with van der Waals surface area (Å²) in [7, 11) is 0. The van der Waals surface area contributed by atoms with Gasteiger partial charge in [0.2, 0.25) is 0 Å². The quantitative estimate of drug-likeness (QED) is 0.842. The Morgan fingerprint density at radius 3 is 2.78 bits per heavy atom. The van der Waals surface area contributed by atoms with E-state index in [1.807, 2.05) is 6.20 Å². The highest BCUT2D eigenvalue weighted by Gasteiger charge is 2.21. The van der Waals surface area contributed by atoms with Gasteiger partial charge >= 0.3 is 0 Å². The highest BCUT2D eigenvalue weighted by atomic mass is 16.5. The standard InChI is InChI=1S/C14H23N3O/c1-4-15-8-12-13(18-11-6-5-7-11)9-16-14(17-12)10(2)3/h9-11,15H,4-8H2,1-3H3. The molecule has 1 saturated carbocycles. The average molecular weight is 249 g/mol. The fourth-order valence-electron chi connectivity index (χ4n) is 1.84. The van der Waals surface area contributed by atoms with Crippen LogP contribution in [0.3, 0.4) is 0 Å². The molecule has 0 radical (unpaired) electrons. The molecule has 0 bridgehead atoms. The molecule has 0 aromatic carbocycles. The molecule has 1 aliphatic rings. The lowest BCUT2D eigenvalue weighted by Crippen LogP contribution is -2.26. The second-order valence-electron chi connectivity index (χ2n) is 5.14. The summed E-state index contributed by atoms with van der Waals surface area (Å²) >= 11 is 0. The van der Waals surface area contributed by atoms with Gasteiger partial charge in [0.05, 0.1) is 18.0 Å². The van der Waals surface area contributed by atoms with Gasteiger partial charge < -0.3 is 10.1 Å². The topological polar surface area (TPSA) is 47.0 Å². The summed E-state index contributed by atoms with van der Waals surface area (Å²) in [5.74, 6) is 2.09. The van der Waals surface area contributed by atoms with Crippen LogP contribution in [0, 0.1) is 0 Å². The summed E-state index contributed by atoms with van der Waals surface area (Å²) in [5.41, 5.74) is 0.988. The normalized spacial score (nSPS) is 15.8. The van der Waals surface area contributed by atoms with Crippen molar-refractivity contribution in [3.8, 4) is 5.75 Å². The Morgan fingerprint density at radius 2 is 2.22 bits per heavy atom. The molecule has 0 atom stereocenters. The van der Waals surface area contributed by atoms with Gasteiger partial charge in [-0.3, -0.25) is 0 Å². The van der Waals surface area contributed by atoms with Gasteiger partial charge in [0, 0.05) is 12.5 Å². The van der Waals surface area contributed by atoms with Crippen molar-refractivity contribution < 1.29 is 4.74 Å². The monoisotopic (exact) mass is 249 g/mol. The average Bonchev–Trinajstić information content (AvgIpc) is 2.31. The van der Waals surface area contributed by atoms with Gasteiger partial charge in [0.1, 0.15) is 5.82 Å². The van der Waals surface area contributed by atoms with E-state index in [0.717, 1.165) is 43.2 Å². The van der Waals surface area contributed by atoms with E-state index in [1.165, 1.54) is 6.42 Å². The van der Waals surface area contributed by atoms with Crippen molar-refractivity contribution in [2.45, 2.75) is 58.6 Å². The van der Waals surface area contributed by atoms with Crippen LogP contribution < -0.4 is 10.1 Å². The zero-order chi connectivity index (χ0) is 13.0. The molecule has 1 aromatic rings. The Bertz CT molecular complexity index is 389. The highest BCUT2D eigenvalue weighted by molar-refractivity contribution is 5.26. The third kappa shape index (κ3) is 3.19. The maximum Gasteiger partial charge on any atom is 0.160 e. The molecule has 1 aromatic heterocycles. The predicted molar refractivity (Wildman–Crippen MR) is 71.8 cm³/mol. The molecular formula is C14H23N3O. The lowest BCUT2D eigenvalue weighted by atomic mass is 9.96. The molecule has 1 heterocycles. The molecule has 0 spiro atoms. The van der Waals surface area contributed by atoms with Gasteiger partial charge in [-0.1, -0.05) is 20.8 Å². The summed E-state index contributed by atoms with van der Waals surface area (Å²) in [6, 6.07) is 0. The Labute approximate surface area is 109 Å². The maximum atomic E-state index is 5.95. The first-order chi connectivity index (χ1) is 8.70. The summed E-state index contributed by atoms with van der Waals surface area (Å²) in [4.78, 5) is 9.02. The fraction of sp³-hybridized carbons (Fsp3) is 0.714. The largest absolute Gasteiger partial charge is 0.487 e. The molecule has 0 unspecified atom stereocenters. The van der Waals surface area contributed by atoms with E-state index in [0.29, 0.717) is 12.0 Å². The van der Waals surface area contributed by atoms with Crippen LogP contribution in [-0.4, -0.2) is 22.6 Å². The molecule has 100 valence electrons. The van der Waals surface area contributed by atoms with E-state index in [2.05, 4.69) is 36.1 Å². The Morgan fingerprint density at radius 1 is 1.44 bits per heavy atom. The van der Waals surface area contributed by atoms with E-state index in [9.17, 15) is 0 Å². The Balaban J connectivity index is 2.14. The zero-order valence-corrected chi connectivity index (χ0v) is 11.6. The molecule has 18 heavy (non-hydrogen) atoms. The van der Waals surface area contributed by atoms with Crippen LogP contribution in [0.4, 0.5) is 0 Å². The van der Waals surface area contributed by atoms with Crippen molar-refractivity contribution in [2.24, 2.45) is 0 Å². The molecule has 1 fully saturated rings. The molecule has 4 heteroatoms. The van der Waals surface area contributed by atoms with Gasteiger partial charge in [-0.05, 0) is 25.8 Å². The van der Waals surface area contributed by atoms with Crippen LogP contribution in [0.5, 0.6) is 5.75 Å². The lowest BCUT2D eigenvalue weighted by Gasteiger charge is -2.27. The van der Waals surface area contributed by atoms with Crippen LogP contribution in [-0.2, 0) is 6.54 Å². The van der Waals surface area contributed by atoms with Crippen LogP contribution >= 0.6 is 0 Å². The van der Waals surface area contributed by atoms with Gasteiger partial charge in [-0.25, -0.2) is 9.97 Å². The van der Waals surface area contributed by atoms with Crippen molar-refractivity contribution in [3.05, 3.63) is 17.7 Å². The number of hydrogen-bond acceptors (Lipinski definition) is 4. The van der Waals surface area contributed by atoms with Gasteiger partial charge in [-0.15, -0.1) is 0 Å². The summed E-state index contributed by atoms with van der Waals surface area (Å²) < 4.78 is 5.95.